The first-order valence-corrected chi connectivity index (χ1v) is 5.75. The molecule has 1 aromatic carbocycles. The number of nitrogens with one attached hydrogen (secondary N) is 1. The van der Waals surface area contributed by atoms with Gasteiger partial charge in [0.15, 0.2) is 11.5 Å². The largest absolute Gasteiger partial charge is 0.493 e. The molecule has 1 heterocycles. The van der Waals surface area contributed by atoms with Gasteiger partial charge in [0.2, 0.25) is 0 Å². The second kappa shape index (κ2) is 5.00. The van der Waals surface area contributed by atoms with Gasteiger partial charge in [0, 0.05) is 11.6 Å². The Balaban J connectivity index is 2.58. The molecule has 2 aromatic rings. The van der Waals surface area contributed by atoms with E-state index < -0.39 is 0 Å². The molecule has 0 amide bonds. The van der Waals surface area contributed by atoms with Crippen molar-refractivity contribution in [1.82, 2.24) is 10.2 Å². The monoisotopic (exact) mass is 247 g/mol. The van der Waals surface area contributed by atoms with Crippen LogP contribution in [0.1, 0.15) is 12.5 Å². The summed E-state index contributed by atoms with van der Waals surface area (Å²) in [5.41, 5.74) is 8.69. The van der Waals surface area contributed by atoms with Gasteiger partial charge >= 0.3 is 0 Å². The normalized spacial score (nSPS) is 10.4. The van der Waals surface area contributed by atoms with E-state index in [0.717, 1.165) is 29.0 Å². The van der Waals surface area contributed by atoms with Crippen LogP contribution in [-0.2, 0) is 6.42 Å². The number of nitrogens with two attached hydrogens (primary N) is 1. The van der Waals surface area contributed by atoms with Crippen molar-refractivity contribution >= 4 is 5.82 Å². The van der Waals surface area contributed by atoms with Gasteiger partial charge in [-0.25, -0.2) is 0 Å². The number of anilines is 1. The van der Waals surface area contributed by atoms with Crippen molar-refractivity contribution in [2.75, 3.05) is 20.0 Å². The average Bonchev–Trinajstić information content (AvgIpc) is 2.83. The van der Waals surface area contributed by atoms with Crippen LogP contribution in [0.5, 0.6) is 11.5 Å². The zero-order valence-corrected chi connectivity index (χ0v) is 10.8. The van der Waals surface area contributed by atoms with Crippen LogP contribution >= 0.6 is 0 Å². The summed E-state index contributed by atoms with van der Waals surface area (Å²) >= 11 is 0. The van der Waals surface area contributed by atoms with Crippen molar-refractivity contribution in [3.8, 4) is 22.8 Å². The first kappa shape index (κ1) is 12.3. The predicted octanol–water partition coefficient (Wildman–Crippen LogP) is 2.24. The Morgan fingerprint density at radius 3 is 2.33 bits per heavy atom. The summed E-state index contributed by atoms with van der Waals surface area (Å²) in [5, 5.41) is 6.86. The number of benzene rings is 1. The number of H-pyrrole nitrogens is 1. The predicted molar refractivity (Wildman–Crippen MR) is 70.9 cm³/mol. The minimum Gasteiger partial charge on any atom is -0.493 e. The molecule has 5 nitrogen and oxygen atoms in total. The van der Waals surface area contributed by atoms with Crippen molar-refractivity contribution in [2.45, 2.75) is 13.3 Å². The number of ether oxygens (including phenoxy) is 2. The summed E-state index contributed by atoms with van der Waals surface area (Å²) in [6.45, 7) is 2.09. The van der Waals surface area contributed by atoms with E-state index in [1.54, 1.807) is 20.3 Å². The SMILES string of the molecule is CCc1cc(OC)c(OC)cc1-c1cc(N)n[nH]1. The molecule has 96 valence electrons. The zero-order chi connectivity index (χ0) is 13.1. The summed E-state index contributed by atoms with van der Waals surface area (Å²) in [4.78, 5) is 0. The lowest BCUT2D eigenvalue weighted by Gasteiger charge is -2.13. The molecule has 0 saturated carbocycles. The molecule has 0 spiro atoms. The number of nitrogen functional groups attached to an aromatic ring is 1. The maximum Gasteiger partial charge on any atom is 0.161 e. The summed E-state index contributed by atoms with van der Waals surface area (Å²) < 4.78 is 10.6. The van der Waals surface area contributed by atoms with Crippen molar-refractivity contribution in [2.24, 2.45) is 0 Å². The van der Waals surface area contributed by atoms with Crippen LogP contribution in [0.4, 0.5) is 5.82 Å². The van der Waals surface area contributed by atoms with Gasteiger partial charge in [-0.3, -0.25) is 5.10 Å². The van der Waals surface area contributed by atoms with Gasteiger partial charge in [-0.15, -0.1) is 0 Å². The lowest BCUT2D eigenvalue weighted by Crippen LogP contribution is -1.95. The summed E-state index contributed by atoms with van der Waals surface area (Å²) in [6, 6.07) is 5.72. The quantitative estimate of drug-likeness (QED) is 0.869. The Kier molecular flexibility index (Phi) is 3.41. The van der Waals surface area contributed by atoms with E-state index in [0.29, 0.717) is 11.6 Å². The van der Waals surface area contributed by atoms with Crippen LogP contribution in [0.3, 0.4) is 0 Å². The van der Waals surface area contributed by atoms with Gasteiger partial charge in [-0.2, -0.15) is 5.10 Å². The third-order valence-corrected chi connectivity index (χ3v) is 2.88. The number of aromatic nitrogens is 2. The van der Waals surface area contributed by atoms with E-state index in [4.69, 9.17) is 15.2 Å². The lowest BCUT2D eigenvalue weighted by molar-refractivity contribution is 0.354. The molecule has 0 aliphatic rings. The Morgan fingerprint density at radius 2 is 1.83 bits per heavy atom. The molecule has 1 aromatic heterocycles. The highest BCUT2D eigenvalue weighted by molar-refractivity contribution is 5.70. The Labute approximate surface area is 106 Å². The van der Waals surface area contributed by atoms with E-state index in [-0.39, 0.29) is 0 Å². The van der Waals surface area contributed by atoms with E-state index in [9.17, 15) is 0 Å². The number of nitrogens with zero attached hydrogens (tertiary/aromatic N) is 1. The van der Waals surface area contributed by atoms with Crippen LogP contribution < -0.4 is 15.2 Å². The molecule has 18 heavy (non-hydrogen) atoms. The number of aryl methyl sites for hydroxylation is 1. The second-order valence-electron chi connectivity index (χ2n) is 3.92. The van der Waals surface area contributed by atoms with E-state index in [1.807, 2.05) is 12.1 Å². The number of hydrogen-bond donors (Lipinski definition) is 2. The lowest BCUT2D eigenvalue weighted by atomic mass is 10.0. The minimum atomic E-state index is 0.474. The van der Waals surface area contributed by atoms with E-state index in [1.165, 1.54) is 0 Å². The number of methoxy groups -OCH3 is 2. The fourth-order valence-electron chi connectivity index (χ4n) is 1.94. The Hall–Kier alpha value is -2.17. The molecular formula is C13H17N3O2. The summed E-state index contributed by atoms with van der Waals surface area (Å²) in [7, 11) is 3.25. The minimum absolute atomic E-state index is 0.474. The Bertz CT molecular complexity index is 549. The van der Waals surface area contributed by atoms with Crippen molar-refractivity contribution in [3.63, 3.8) is 0 Å². The molecule has 0 aliphatic heterocycles. The third kappa shape index (κ3) is 2.11. The van der Waals surface area contributed by atoms with Crippen molar-refractivity contribution < 1.29 is 9.47 Å². The van der Waals surface area contributed by atoms with Crippen LogP contribution in [0.2, 0.25) is 0 Å². The van der Waals surface area contributed by atoms with Crippen LogP contribution in [-0.4, -0.2) is 24.4 Å². The van der Waals surface area contributed by atoms with Gasteiger partial charge in [0.1, 0.15) is 5.82 Å². The molecule has 5 heteroatoms. The molecule has 0 atom stereocenters. The van der Waals surface area contributed by atoms with Crippen LogP contribution in [0, 0.1) is 0 Å². The highest BCUT2D eigenvalue weighted by Crippen LogP contribution is 2.35. The van der Waals surface area contributed by atoms with Gasteiger partial charge in [0.25, 0.3) is 0 Å². The van der Waals surface area contributed by atoms with Gasteiger partial charge < -0.3 is 15.2 Å². The third-order valence-electron chi connectivity index (χ3n) is 2.88. The van der Waals surface area contributed by atoms with E-state index >= 15 is 0 Å². The first-order chi connectivity index (χ1) is 8.69. The Morgan fingerprint density at radius 1 is 1.17 bits per heavy atom. The first-order valence-electron chi connectivity index (χ1n) is 5.75. The van der Waals surface area contributed by atoms with Gasteiger partial charge in [-0.1, -0.05) is 6.92 Å². The van der Waals surface area contributed by atoms with Crippen molar-refractivity contribution in [3.05, 3.63) is 23.8 Å². The highest BCUT2D eigenvalue weighted by Gasteiger charge is 2.13. The molecule has 3 N–H and O–H groups in total. The topological polar surface area (TPSA) is 73.2 Å². The summed E-state index contributed by atoms with van der Waals surface area (Å²) in [5.74, 6) is 1.89. The number of hydrogen-bond acceptors (Lipinski definition) is 4. The van der Waals surface area contributed by atoms with Crippen LogP contribution in [0.25, 0.3) is 11.3 Å². The maximum absolute atomic E-state index is 5.64. The standard InChI is InChI=1S/C13H17N3O2/c1-4-8-5-11(17-2)12(18-3)6-9(8)10-7-13(14)16-15-10/h5-7H,4H2,1-3H3,(H3,14,15,16). The fraction of sp³-hybridized carbons (Fsp3) is 0.308. The molecule has 0 aliphatic carbocycles. The number of rotatable bonds is 4. The highest BCUT2D eigenvalue weighted by atomic mass is 16.5. The molecule has 0 fully saturated rings. The molecule has 0 bridgehead atoms. The van der Waals surface area contributed by atoms with Crippen LogP contribution in [0.15, 0.2) is 18.2 Å². The summed E-state index contributed by atoms with van der Waals surface area (Å²) in [6.07, 6.45) is 0.884. The molecule has 2 rings (SSSR count). The van der Waals surface area contributed by atoms with Crippen molar-refractivity contribution in [1.29, 1.82) is 0 Å². The molecule has 0 unspecified atom stereocenters. The molecule has 0 saturated heterocycles. The molecule has 0 radical (unpaired) electrons. The van der Waals surface area contributed by atoms with E-state index in [2.05, 4.69) is 17.1 Å². The molecular weight excluding hydrogens is 230 g/mol. The zero-order valence-electron chi connectivity index (χ0n) is 10.8. The second-order valence-corrected chi connectivity index (χ2v) is 3.92. The van der Waals surface area contributed by atoms with Gasteiger partial charge in [0.05, 0.1) is 19.9 Å². The average molecular weight is 247 g/mol. The smallest absolute Gasteiger partial charge is 0.161 e. The van der Waals surface area contributed by atoms with Gasteiger partial charge in [-0.05, 0) is 24.1 Å². The number of aromatic amines is 1. The maximum atomic E-state index is 5.64. The fourth-order valence-corrected chi connectivity index (χ4v) is 1.94.